The molecule has 0 aromatic heterocycles. The van der Waals surface area contributed by atoms with Gasteiger partial charge in [0.2, 0.25) is 0 Å². The molecule has 5 nitrogen and oxygen atoms in total. The molecule has 0 spiro atoms. The fraction of sp³-hybridized carbons (Fsp3) is 1.00. The van der Waals surface area contributed by atoms with Gasteiger partial charge in [0.15, 0.2) is 0 Å². The Morgan fingerprint density at radius 2 is 1.00 bits per heavy atom. The Balaban J connectivity index is 3.72. The fourth-order valence-corrected chi connectivity index (χ4v) is 3.74. The summed E-state index contributed by atoms with van der Waals surface area (Å²) in [6.07, 6.45) is 0. The highest BCUT2D eigenvalue weighted by molar-refractivity contribution is 6.66. The molecule has 0 fully saturated rings. The Kier molecular flexibility index (Phi) is 8.47. The average Bonchev–Trinajstić information content (AvgIpc) is 2.37. The molecule has 104 valence electrons. The van der Waals surface area contributed by atoms with Crippen molar-refractivity contribution in [3.05, 3.63) is 0 Å². The van der Waals surface area contributed by atoms with E-state index in [4.69, 9.17) is 17.7 Å². The Bertz CT molecular complexity index is 179. The smallest absolute Gasteiger partial charge is 0.335 e. The molecule has 0 amide bonds. The van der Waals surface area contributed by atoms with E-state index in [2.05, 4.69) is 18.4 Å². The molecule has 0 saturated heterocycles. The van der Waals surface area contributed by atoms with E-state index in [9.17, 15) is 0 Å². The summed E-state index contributed by atoms with van der Waals surface area (Å²) in [5.41, 5.74) is 0. The zero-order valence-corrected chi connectivity index (χ0v) is 14.0. The normalized spacial score (nSPS) is 13.1. The van der Waals surface area contributed by atoms with Gasteiger partial charge in [0.1, 0.15) is 0 Å². The third-order valence-corrected chi connectivity index (χ3v) is 9.01. The van der Waals surface area contributed by atoms with Gasteiger partial charge in [-0.1, -0.05) is 0 Å². The molecule has 1 N–H and O–H groups in total. The summed E-state index contributed by atoms with van der Waals surface area (Å²) in [6, 6.07) is 1.89. The lowest BCUT2D eigenvalue weighted by atomic mass is 10.6. The van der Waals surface area contributed by atoms with Crippen LogP contribution in [0.4, 0.5) is 0 Å². The first-order chi connectivity index (χ1) is 7.95. The van der Waals surface area contributed by atoms with Crippen LogP contribution in [0.15, 0.2) is 0 Å². The van der Waals surface area contributed by atoms with E-state index < -0.39 is 17.1 Å². The standard InChI is InChI=1S/C10H27NO4Si2/c1-12-16(5,13-2)9-7-11-8-10-17(6,14-3)15-4/h11H,7-10H2,1-6H3. The van der Waals surface area contributed by atoms with Gasteiger partial charge in [0.05, 0.1) is 0 Å². The number of hydrogen-bond acceptors (Lipinski definition) is 5. The van der Waals surface area contributed by atoms with Crippen molar-refractivity contribution >= 4 is 17.1 Å². The molecule has 0 atom stereocenters. The Morgan fingerprint density at radius 3 is 1.24 bits per heavy atom. The van der Waals surface area contributed by atoms with Crippen LogP contribution in [0.25, 0.3) is 0 Å². The largest absolute Gasteiger partial charge is 0.398 e. The second kappa shape index (κ2) is 8.36. The summed E-state index contributed by atoms with van der Waals surface area (Å²) in [5.74, 6) is 0. The van der Waals surface area contributed by atoms with E-state index in [0.717, 1.165) is 25.2 Å². The van der Waals surface area contributed by atoms with Crippen molar-refractivity contribution in [3.8, 4) is 0 Å². The van der Waals surface area contributed by atoms with Gasteiger partial charge in [-0.25, -0.2) is 0 Å². The van der Waals surface area contributed by atoms with Gasteiger partial charge < -0.3 is 23.0 Å². The summed E-state index contributed by atoms with van der Waals surface area (Å²) in [7, 11) is 3.02. The maximum atomic E-state index is 5.41. The predicted molar refractivity (Wildman–Crippen MR) is 73.8 cm³/mol. The monoisotopic (exact) mass is 281 g/mol. The number of rotatable bonds is 10. The Morgan fingerprint density at radius 1 is 0.706 bits per heavy atom. The van der Waals surface area contributed by atoms with Crippen molar-refractivity contribution in [2.24, 2.45) is 0 Å². The summed E-state index contributed by atoms with van der Waals surface area (Å²) in [5, 5.41) is 3.38. The maximum Gasteiger partial charge on any atom is 0.335 e. The van der Waals surface area contributed by atoms with Crippen LogP contribution in [0, 0.1) is 0 Å². The lowest BCUT2D eigenvalue weighted by Gasteiger charge is -2.24. The quantitative estimate of drug-likeness (QED) is 0.483. The van der Waals surface area contributed by atoms with Gasteiger partial charge in [-0.2, -0.15) is 0 Å². The molecule has 0 radical (unpaired) electrons. The topological polar surface area (TPSA) is 49.0 Å². The Labute approximate surface area is 107 Å². The van der Waals surface area contributed by atoms with E-state index in [0.29, 0.717) is 0 Å². The maximum absolute atomic E-state index is 5.41. The van der Waals surface area contributed by atoms with E-state index >= 15 is 0 Å². The molecule has 0 rings (SSSR count). The molecule has 0 aromatic carbocycles. The minimum Gasteiger partial charge on any atom is -0.398 e. The van der Waals surface area contributed by atoms with E-state index in [1.54, 1.807) is 28.4 Å². The molecular weight excluding hydrogens is 254 g/mol. The van der Waals surface area contributed by atoms with E-state index in [1.165, 1.54) is 0 Å². The molecule has 0 aliphatic heterocycles. The average molecular weight is 282 g/mol. The van der Waals surface area contributed by atoms with Crippen LogP contribution in [0.1, 0.15) is 0 Å². The first-order valence-corrected chi connectivity index (χ1v) is 10.9. The summed E-state index contributed by atoms with van der Waals surface area (Å²) < 4.78 is 21.7. The van der Waals surface area contributed by atoms with Crippen molar-refractivity contribution in [3.63, 3.8) is 0 Å². The number of hydrogen-bond donors (Lipinski definition) is 1. The highest BCUT2D eigenvalue weighted by Gasteiger charge is 2.29. The van der Waals surface area contributed by atoms with Crippen LogP contribution in [-0.4, -0.2) is 58.7 Å². The highest BCUT2D eigenvalue weighted by Crippen LogP contribution is 2.11. The minimum atomic E-state index is -1.92. The van der Waals surface area contributed by atoms with E-state index in [-0.39, 0.29) is 0 Å². The molecule has 0 unspecified atom stereocenters. The van der Waals surface area contributed by atoms with Crippen molar-refractivity contribution in [2.45, 2.75) is 25.2 Å². The molecule has 0 saturated carbocycles. The second-order valence-corrected chi connectivity index (χ2v) is 11.5. The lowest BCUT2D eigenvalue weighted by molar-refractivity contribution is 0.247. The zero-order valence-electron chi connectivity index (χ0n) is 12.0. The van der Waals surface area contributed by atoms with Gasteiger partial charge in [-0.3, -0.25) is 0 Å². The SMILES string of the molecule is CO[Si](C)(CCNCC[Si](C)(OC)OC)OC. The van der Waals surface area contributed by atoms with Gasteiger partial charge >= 0.3 is 17.1 Å². The molecule has 0 aliphatic carbocycles. The minimum absolute atomic E-state index is 0.905. The fourth-order valence-electron chi connectivity index (χ4n) is 1.33. The predicted octanol–water partition coefficient (Wildman–Crippen LogP) is 1.31. The van der Waals surface area contributed by atoms with Crippen LogP contribution in [0.2, 0.25) is 25.2 Å². The summed E-state index contributed by atoms with van der Waals surface area (Å²) in [4.78, 5) is 0. The molecule has 0 heterocycles. The van der Waals surface area contributed by atoms with E-state index in [1.807, 2.05) is 0 Å². The highest BCUT2D eigenvalue weighted by atomic mass is 28.4. The molecule has 0 bridgehead atoms. The molecule has 17 heavy (non-hydrogen) atoms. The van der Waals surface area contributed by atoms with Crippen LogP contribution in [-0.2, 0) is 17.7 Å². The molecule has 0 aromatic rings. The molecule has 7 heteroatoms. The van der Waals surface area contributed by atoms with Crippen LogP contribution in [0.3, 0.4) is 0 Å². The molecular formula is C10H27NO4Si2. The second-order valence-electron chi connectivity index (χ2n) is 4.33. The first kappa shape index (κ1) is 17.2. The first-order valence-electron chi connectivity index (χ1n) is 5.86. The third-order valence-electron chi connectivity index (χ3n) is 3.24. The zero-order chi connectivity index (χ0) is 13.4. The molecule has 0 aliphatic rings. The van der Waals surface area contributed by atoms with Crippen molar-refractivity contribution in [1.29, 1.82) is 0 Å². The number of nitrogens with one attached hydrogen (secondary N) is 1. The lowest BCUT2D eigenvalue weighted by Crippen LogP contribution is -2.41. The summed E-state index contributed by atoms with van der Waals surface area (Å²) >= 11 is 0. The van der Waals surface area contributed by atoms with Crippen molar-refractivity contribution in [2.75, 3.05) is 41.5 Å². The van der Waals surface area contributed by atoms with Crippen LogP contribution in [0.5, 0.6) is 0 Å². The van der Waals surface area contributed by atoms with Crippen molar-refractivity contribution in [1.82, 2.24) is 5.32 Å². The van der Waals surface area contributed by atoms with Gasteiger partial charge in [-0.15, -0.1) is 0 Å². The third kappa shape index (κ3) is 6.65. The van der Waals surface area contributed by atoms with Gasteiger partial charge in [-0.05, 0) is 26.2 Å². The Hall–Kier alpha value is 0.234. The summed E-state index contributed by atoms with van der Waals surface area (Å²) in [6.45, 7) is 5.94. The van der Waals surface area contributed by atoms with Gasteiger partial charge in [0, 0.05) is 40.5 Å². The van der Waals surface area contributed by atoms with Crippen LogP contribution < -0.4 is 5.32 Å². The van der Waals surface area contributed by atoms with Crippen LogP contribution >= 0.6 is 0 Å². The van der Waals surface area contributed by atoms with Gasteiger partial charge in [0.25, 0.3) is 0 Å². The van der Waals surface area contributed by atoms with Crippen molar-refractivity contribution < 1.29 is 17.7 Å².